The molecule has 1 aromatic rings. The highest BCUT2D eigenvalue weighted by atomic mass is 79.9. The summed E-state index contributed by atoms with van der Waals surface area (Å²) < 4.78 is 110. The minimum absolute atomic E-state index is 0.225. The van der Waals surface area contributed by atoms with Gasteiger partial charge >= 0.3 is 0 Å². The molecule has 0 radical (unpaired) electrons. The van der Waals surface area contributed by atoms with E-state index in [-0.39, 0.29) is 9.37 Å². The molecule has 4 heteroatoms. The number of hydrogen-bond acceptors (Lipinski definition) is 3. The highest BCUT2D eigenvalue weighted by Gasteiger charge is 2.20. The first-order valence-electron chi connectivity index (χ1n) is 10.5. The van der Waals surface area contributed by atoms with Crippen molar-refractivity contribution >= 4 is 21.9 Å². The number of rotatable bonds is 1. The van der Waals surface area contributed by atoms with E-state index in [9.17, 15) is 0 Å². The SMILES string of the molecule is [2H]c1nc(N2C([2H])([2H])C([2H])([2H])C([2H])([2H])C([2H])([2H])C2([2H])C([2H])([2H])[2H])nc([2H])c1Br. The number of nitrogens with zero attached hydrogens (tertiary/aromatic N) is 3. The Morgan fingerprint density at radius 2 is 2.50 bits per heavy atom. The molecule has 3 nitrogen and oxygen atoms in total. The van der Waals surface area contributed by atoms with Crippen LogP contribution in [0, 0.1) is 0 Å². The van der Waals surface area contributed by atoms with E-state index >= 15 is 0 Å². The topological polar surface area (TPSA) is 29.0 Å². The third kappa shape index (κ3) is 2.05. The Labute approximate surface area is 112 Å². The van der Waals surface area contributed by atoms with Crippen LogP contribution in [0.25, 0.3) is 0 Å². The van der Waals surface area contributed by atoms with Crippen LogP contribution in [0.1, 0.15) is 45.2 Å². The molecule has 1 aromatic heterocycles. The van der Waals surface area contributed by atoms with E-state index in [1.54, 1.807) is 0 Å². The molecule has 0 saturated carbocycles. The summed E-state index contributed by atoms with van der Waals surface area (Å²) in [4.78, 5) is 6.75. The van der Waals surface area contributed by atoms with Gasteiger partial charge in [0.2, 0.25) is 5.95 Å². The van der Waals surface area contributed by atoms with Crippen molar-refractivity contribution in [2.45, 2.75) is 32.0 Å². The van der Waals surface area contributed by atoms with Crippen molar-refractivity contribution in [3.63, 3.8) is 0 Å². The van der Waals surface area contributed by atoms with Crippen molar-refractivity contribution in [1.29, 1.82) is 0 Å². The Morgan fingerprint density at radius 1 is 1.71 bits per heavy atom. The fourth-order valence-electron chi connectivity index (χ4n) is 0.784. The first-order valence-corrected chi connectivity index (χ1v) is 4.30. The van der Waals surface area contributed by atoms with Crippen LogP contribution < -0.4 is 4.90 Å². The summed E-state index contributed by atoms with van der Waals surface area (Å²) in [6.45, 7) is -7.36. The number of piperidine rings is 1. The maximum absolute atomic E-state index is 8.38. The number of hydrogen-bond donors (Lipinski definition) is 0. The van der Waals surface area contributed by atoms with Crippen molar-refractivity contribution in [1.82, 2.24) is 9.97 Å². The van der Waals surface area contributed by atoms with Gasteiger partial charge in [0.1, 0.15) is 0 Å². The lowest BCUT2D eigenvalue weighted by molar-refractivity contribution is 0.477. The maximum atomic E-state index is 8.38. The molecular formula is C10H14BrN3. The predicted octanol–water partition coefficient (Wildman–Crippen LogP) is 2.62. The highest BCUT2D eigenvalue weighted by Crippen LogP contribution is 2.21. The van der Waals surface area contributed by atoms with Crippen LogP contribution in [0.4, 0.5) is 5.95 Å². The number of anilines is 1. The first-order chi connectivity index (χ1) is 12.2. The van der Waals surface area contributed by atoms with Crippen molar-refractivity contribution in [3.8, 4) is 0 Å². The molecule has 0 N–H and O–H groups in total. The number of halogens is 1. The predicted molar refractivity (Wildman–Crippen MR) is 60.4 cm³/mol. The van der Waals surface area contributed by atoms with Gasteiger partial charge in [0.05, 0.1) is 8.58 Å². The standard InChI is InChI=1S/C10H14BrN3/c1-8-4-2-3-5-14(8)10-12-6-9(11)7-13-10/h6-8H,2-5H2,1H3/i1D3,2D2,3D2,4D2,5D2,6D,7D,8D. The quantitative estimate of drug-likeness (QED) is 0.785. The van der Waals surface area contributed by atoms with Crippen molar-refractivity contribution in [3.05, 3.63) is 16.8 Å². The fraction of sp³-hybridized carbons (Fsp3) is 0.600. The van der Waals surface area contributed by atoms with Crippen LogP contribution in [-0.2, 0) is 0 Å². The van der Waals surface area contributed by atoms with Crippen LogP contribution >= 0.6 is 15.9 Å². The molecule has 0 bridgehead atoms. The second kappa shape index (κ2) is 4.26. The normalized spacial score (nSPS) is 57.6. The summed E-state index contributed by atoms with van der Waals surface area (Å²) >= 11 is 2.82. The van der Waals surface area contributed by atoms with Crippen LogP contribution in [0.3, 0.4) is 0 Å². The lowest BCUT2D eigenvalue weighted by Gasteiger charge is -2.33. The van der Waals surface area contributed by atoms with Crippen molar-refractivity contribution < 1.29 is 19.2 Å². The molecule has 1 fully saturated rings. The largest absolute Gasteiger partial charge is 0.338 e. The molecule has 1 aliphatic rings. The Balaban J connectivity index is 3.02. The van der Waals surface area contributed by atoms with Crippen molar-refractivity contribution in [2.24, 2.45) is 0 Å². The molecule has 14 heavy (non-hydrogen) atoms. The summed E-state index contributed by atoms with van der Waals surface area (Å²) in [7, 11) is 0. The zero-order valence-corrected chi connectivity index (χ0v) is 8.31. The molecule has 2 heterocycles. The Kier molecular flexibility index (Phi) is 0.771. The Hall–Kier alpha value is -0.640. The third-order valence-corrected chi connectivity index (χ3v) is 1.70. The Bertz CT molecular complexity index is 784. The van der Waals surface area contributed by atoms with Gasteiger partial charge < -0.3 is 4.90 Å². The second-order valence-electron chi connectivity index (χ2n) is 2.23. The molecule has 0 aromatic carbocycles. The average molecular weight is 270 g/mol. The summed E-state index contributed by atoms with van der Waals surface area (Å²) in [6.07, 6.45) is -12.7. The van der Waals surface area contributed by atoms with E-state index in [4.69, 9.17) is 19.2 Å². The molecule has 1 saturated heterocycles. The van der Waals surface area contributed by atoms with E-state index in [1.165, 1.54) is 0 Å². The summed E-state index contributed by atoms with van der Waals surface area (Å²) in [6, 6.07) is -3.74. The van der Waals surface area contributed by atoms with E-state index in [0.29, 0.717) is 0 Å². The lowest BCUT2D eigenvalue weighted by Crippen LogP contribution is -2.38. The van der Waals surface area contributed by atoms with E-state index in [1.807, 2.05) is 0 Å². The minimum atomic E-state index is -3.80. The van der Waals surface area contributed by atoms with E-state index in [2.05, 4.69) is 25.9 Å². The molecule has 0 amide bonds. The van der Waals surface area contributed by atoms with Gasteiger partial charge in [0, 0.05) is 39.9 Å². The monoisotopic (exact) mass is 269 g/mol. The van der Waals surface area contributed by atoms with E-state index < -0.39 is 56.8 Å². The maximum Gasteiger partial charge on any atom is 0.225 e. The van der Waals surface area contributed by atoms with Gasteiger partial charge in [-0.05, 0) is 41.9 Å². The highest BCUT2D eigenvalue weighted by molar-refractivity contribution is 9.10. The minimum Gasteiger partial charge on any atom is -0.338 e. The first kappa shape index (κ1) is 2.54. The molecule has 76 valence electrons. The van der Waals surface area contributed by atoms with Gasteiger partial charge in [0.25, 0.3) is 0 Å². The summed E-state index contributed by atoms with van der Waals surface area (Å²) in [5.41, 5.74) is 0. The molecule has 1 unspecified atom stereocenters. The summed E-state index contributed by atoms with van der Waals surface area (Å²) in [5, 5.41) is 0. The van der Waals surface area contributed by atoms with Gasteiger partial charge in [-0.15, -0.1) is 0 Å². The van der Waals surface area contributed by atoms with Gasteiger partial charge in [-0.2, -0.15) is 0 Å². The molecule has 0 spiro atoms. The molecular weight excluding hydrogens is 242 g/mol. The van der Waals surface area contributed by atoms with Crippen LogP contribution in [-0.4, -0.2) is 22.5 Å². The molecule has 1 atom stereocenters. The Morgan fingerprint density at radius 3 is 3.21 bits per heavy atom. The lowest BCUT2D eigenvalue weighted by atomic mass is 10.0. The number of aromatic nitrogens is 2. The van der Waals surface area contributed by atoms with Crippen molar-refractivity contribution in [2.75, 3.05) is 11.4 Å². The zero-order chi connectivity index (χ0) is 22.3. The third-order valence-electron chi connectivity index (χ3n) is 1.34. The van der Waals surface area contributed by atoms with Gasteiger partial charge in [0.15, 0.2) is 0 Å². The van der Waals surface area contributed by atoms with Crippen LogP contribution in [0.5, 0.6) is 0 Å². The zero-order valence-electron chi connectivity index (χ0n) is 20.7. The molecule has 2 rings (SSSR count). The van der Waals surface area contributed by atoms with Crippen LogP contribution in [0.15, 0.2) is 16.8 Å². The molecule has 0 aliphatic carbocycles. The fourth-order valence-corrected chi connectivity index (χ4v) is 0.962. The van der Waals surface area contributed by atoms with E-state index in [0.717, 1.165) is 0 Å². The second-order valence-corrected chi connectivity index (χ2v) is 3.03. The smallest absolute Gasteiger partial charge is 0.225 e. The van der Waals surface area contributed by atoms with Gasteiger partial charge in [-0.3, -0.25) is 0 Å². The molecule has 1 aliphatic heterocycles. The van der Waals surface area contributed by atoms with Crippen LogP contribution in [0.2, 0.25) is 0 Å². The van der Waals surface area contributed by atoms with Gasteiger partial charge in [-0.1, -0.05) is 0 Å². The van der Waals surface area contributed by atoms with Gasteiger partial charge in [-0.25, -0.2) is 9.97 Å². The average Bonchev–Trinajstić information content (AvgIpc) is 2.49. The summed E-state index contributed by atoms with van der Waals surface area (Å²) in [5.74, 6) is -1.10.